The molecular weight excluding hydrogens is 901 g/mol. The fourth-order valence-corrected chi connectivity index (χ4v) is 8.23. The van der Waals surface area contributed by atoms with Crippen LogP contribution in [0.5, 0.6) is 0 Å². The van der Waals surface area contributed by atoms with E-state index in [1.807, 2.05) is 0 Å². The van der Waals surface area contributed by atoms with Gasteiger partial charge >= 0.3 is 17.9 Å². The van der Waals surface area contributed by atoms with Crippen LogP contribution >= 0.6 is 0 Å². The fourth-order valence-electron chi connectivity index (χ4n) is 8.23. The Bertz CT molecular complexity index is 1490. The molecule has 0 heterocycles. The van der Waals surface area contributed by atoms with E-state index in [0.29, 0.717) is 19.3 Å². The molecule has 416 valence electrons. The number of unbranched alkanes of at least 4 members (excludes halogenated alkanes) is 25. The van der Waals surface area contributed by atoms with E-state index in [1.54, 1.807) is 0 Å². The van der Waals surface area contributed by atoms with Gasteiger partial charge in [-0.3, -0.25) is 14.4 Å². The van der Waals surface area contributed by atoms with Gasteiger partial charge in [0.2, 0.25) is 0 Å². The maximum atomic E-state index is 12.9. The molecule has 73 heavy (non-hydrogen) atoms. The number of rotatable bonds is 54. The Kier molecular flexibility index (Phi) is 57.4. The topological polar surface area (TPSA) is 78.9 Å². The van der Waals surface area contributed by atoms with E-state index < -0.39 is 6.10 Å². The summed E-state index contributed by atoms with van der Waals surface area (Å²) in [6.07, 6.45) is 82.3. The summed E-state index contributed by atoms with van der Waals surface area (Å²) < 4.78 is 16.8. The van der Waals surface area contributed by atoms with Gasteiger partial charge in [0.05, 0.1) is 0 Å². The molecule has 0 unspecified atom stereocenters. The number of carbonyl (C=O) groups excluding carboxylic acids is 3. The van der Waals surface area contributed by atoms with E-state index in [1.165, 1.54) is 128 Å². The molecule has 0 bridgehead atoms. The molecule has 0 aliphatic rings. The van der Waals surface area contributed by atoms with E-state index in [0.717, 1.165) is 103 Å². The van der Waals surface area contributed by atoms with Crippen molar-refractivity contribution < 1.29 is 28.6 Å². The van der Waals surface area contributed by atoms with Gasteiger partial charge in [-0.1, -0.05) is 265 Å². The minimum Gasteiger partial charge on any atom is -0.462 e. The molecular formula is C67H112O6. The van der Waals surface area contributed by atoms with Crippen LogP contribution in [0.1, 0.15) is 278 Å². The van der Waals surface area contributed by atoms with E-state index in [9.17, 15) is 14.4 Å². The van der Waals surface area contributed by atoms with Crippen LogP contribution in [0.3, 0.4) is 0 Å². The van der Waals surface area contributed by atoms with Gasteiger partial charge in [0.25, 0.3) is 0 Å². The lowest BCUT2D eigenvalue weighted by atomic mass is 10.0. The van der Waals surface area contributed by atoms with E-state index >= 15 is 0 Å². The largest absolute Gasteiger partial charge is 0.462 e. The molecule has 0 fully saturated rings. The van der Waals surface area contributed by atoms with Crippen molar-refractivity contribution in [1.82, 2.24) is 0 Å². The van der Waals surface area contributed by atoms with Crippen LogP contribution in [0.4, 0.5) is 0 Å². The van der Waals surface area contributed by atoms with Gasteiger partial charge in [0.1, 0.15) is 13.2 Å². The van der Waals surface area contributed by atoms with Crippen LogP contribution in [0.2, 0.25) is 0 Å². The average Bonchev–Trinajstić information content (AvgIpc) is 3.39. The van der Waals surface area contributed by atoms with Gasteiger partial charge in [0.15, 0.2) is 6.10 Å². The smallest absolute Gasteiger partial charge is 0.306 e. The van der Waals surface area contributed by atoms with Crippen molar-refractivity contribution in [3.63, 3.8) is 0 Å². The van der Waals surface area contributed by atoms with Crippen LogP contribution in [0.25, 0.3) is 0 Å². The molecule has 0 aromatic heterocycles. The van der Waals surface area contributed by atoms with Crippen molar-refractivity contribution in [2.45, 2.75) is 284 Å². The first kappa shape index (κ1) is 69.1. The summed E-state index contributed by atoms with van der Waals surface area (Å²) in [5.41, 5.74) is 0. The minimum atomic E-state index is -0.815. The molecule has 0 aliphatic heterocycles. The zero-order valence-electron chi connectivity index (χ0n) is 47.6. The van der Waals surface area contributed by atoms with Crippen molar-refractivity contribution in [3.05, 3.63) is 109 Å². The summed E-state index contributed by atoms with van der Waals surface area (Å²) in [6, 6.07) is 0. The highest BCUT2D eigenvalue weighted by atomic mass is 16.6. The highest BCUT2D eigenvalue weighted by Gasteiger charge is 2.19. The Labute approximate surface area is 450 Å². The summed E-state index contributed by atoms with van der Waals surface area (Å²) in [5, 5.41) is 0. The molecule has 1 atom stereocenters. The lowest BCUT2D eigenvalue weighted by Gasteiger charge is -2.18. The molecule has 0 rings (SSSR count). The SMILES string of the molecule is CC/C=C/C/C=C/C/C=C/C/C=C/C/C=C/CCCCCC(=O)OC[C@@H](COC(=O)CCC/C=C/C/C=C/C/C=C/C/C=C/CCCCC)OC(=O)CCCCCCCCCCCCCCCCCCCCC. The van der Waals surface area contributed by atoms with Crippen LogP contribution in [0, 0.1) is 0 Å². The number of esters is 3. The van der Waals surface area contributed by atoms with Gasteiger partial charge in [-0.25, -0.2) is 0 Å². The Morgan fingerprint density at radius 3 is 0.918 bits per heavy atom. The Hall–Kier alpha value is -3.93. The van der Waals surface area contributed by atoms with Crippen molar-refractivity contribution in [2.24, 2.45) is 0 Å². The van der Waals surface area contributed by atoms with Gasteiger partial charge in [-0.05, 0) is 103 Å². The van der Waals surface area contributed by atoms with Crippen molar-refractivity contribution in [1.29, 1.82) is 0 Å². The van der Waals surface area contributed by atoms with Gasteiger partial charge in [0, 0.05) is 19.3 Å². The fraction of sp³-hybridized carbons (Fsp3) is 0.687. The number of hydrogen-bond acceptors (Lipinski definition) is 6. The van der Waals surface area contributed by atoms with Crippen LogP contribution in [-0.2, 0) is 28.6 Å². The van der Waals surface area contributed by atoms with E-state index in [-0.39, 0.29) is 37.5 Å². The van der Waals surface area contributed by atoms with Crippen LogP contribution in [0.15, 0.2) is 109 Å². The number of allylic oxidation sites excluding steroid dienone is 18. The standard InChI is InChI=1S/C67H112O6/c1-4-7-10-13-16-19-22-25-28-31-33-36-39-42-45-48-51-54-57-60-66(69)72-63-64(62-71-65(68)59-56-53-50-47-44-41-38-35-30-27-24-21-18-15-12-9-6-3)73-67(70)61-58-55-52-49-46-43-40-37-34-32-29-26-23-20-17-14-11-8-5-2/h7,10,16,18-19,21,25,27-28,30,33,36,38,41-42,45,47,50,64H,4-6,8-9,11-15,17,20,22-24,26,29,31-32,34-35,37,39-40,43-44,46,48-49,51-63H2,1-3H3/b10-7+,19-16+,21-18+,28-25+,30-27+,36-33+,41-38+,45-42+,50-47+/t64-/m1/s1. The first-order valence-electron chi connectivity index (χ1n) is 30.4. The Balaban J connectivity index is 4.51. The summed E-state index contributed by atoms with van der Waals surface area (Å²) in [5.74, 6) is -0.991. The molecule has 6 heteroatoms. The Morgan fingerprint density at radius 2 is 0.548 bits per heavy atom. The second-order valence-electron chi connectivity index (χ2n) is 19.9. The number of hydrogen-bond donors (Lipinski definition) is 0. The summed E-state index contributed by atoms with van der Waals surface area (Å²) in [7, 11) is 0. The predicted molar refractivity (Wildman–Crippen MR) is 316 cm³/mol. The highest BCUT2D eigenvalue weighted by molar-refractivity contribution is 5.71. The summed E-state index contributed by atoms with van der Waals surface area (Å²) >= 11 is 0. The van der Waals surface area contributed by atoms with Crippen molar-refractivity contribution in [3.8, 4) is 0 Å². The lowest BCUT2D eigenvalue weighted by molar-refractivity contribution is -0.167. The zero-order valence-corrected chi connectivity index (χ0v) is 47.6. The second-order valence-corrected chi connectivity index (χ2v) is 19.9. The second kappa shape index (κ2) is 60.6. The highest BCUT2D eigenvalue weighted by Crippen LogP contribution is 2.16. The molecule has 0 saturated carbocycles. The third-order valence-corrected chi connectivity index (χ3v) is 12.8. The minimum absolute atomic E-state index is 0.112. The molecule has 0 aromatic carbocycles. The first-order valence-corrected chi connectivity index (χ1v) is 30.4. The van der Waals surface area contributed by atoms with Gasteiger partial charge in [-0.15, -0.1) is 0 Å². The Morgan fingerprint density at radius 1 is 0.288 bits per heavy atom. The lowest BCUT2D eigenvalue weighted by Crippen LogP contribution is -2.30. The third-order valence-electron chi connectivity index (χ3n) is 12.8. The molecule has 0 aliphatic carbocycles. The predicted octanol–water partition coefficient (Wildman–Crippen LogP) is 20.7. The molecule has 0 radical (unpaired) electrons. The average molecular weight is 1010 g/mol. The van der Waals surface area contributed by atoms with E-state index in [2.05, 4.69) is 130 Å². The van der Waals surface area contributed by atoms with Gasteiger partial charge < -0.3 is 14.2 Å². The monoisotopic (exact) mass is 1010 g/mol. The van der Waals surface area contributed by atoms with Crippen molar-refractivity contribution >= 4 is 17.9 Å². The summed E-state index contributed by atoms with van der Waals surface area (Å²) in [4.78, 5) is 38.2. The molecule has 0 N–H and O–H groups in total. The molecule has 0 spiro atoms. The summed E-state index contributed by atoms with van der Waals surface area (Å²) in [6.45, 7) is 6.44. The maximum Gasteiger partial charge on any atom is 0.306 e. The van der Waals surface area contributed by atoms with E-state index in [4.69, 9.17) is 14.2 Å². The first-order chi connectivity index (χ1) is 36.0. The molecule has 0 saturated heterocycles. The molecule has 0 amide bonds. The third kappa shape index (κ3) is 58.8. The number of carbonyl (C=O) groups is 3. The van der Waals surface area contributed by atoms with Crippen LogP contribution < -0.4 is 0 Å². The zero-order chi connectivity index (χ0) is 52.9. The maximum absolute atomic E-state index is 12.9. The van der Waals surface area contributed by atoms with Gasteiger partial charge in [-0.2, -0.15) is 0 Å². The van der Waals surface area contributed by atoms with Crippen LogP contribution in [-0.4, -0.2) is 37.2 Å². The molecule has 6 nitrogen and oxygen atoms in total. The quantitative estimate of drug-likeness (QED) is 0.0261. The molecule has 0 aromatic rings. The normalized spacial score (nSPS) is 12.9. The number of ether oxygens (including phenoxy) is 3. The van der Waals surface area contributed by atoms with Crippen molar-refractivity contribution in [2.75, 3.05) is 13.2 Å².